The third kappa shape index (κ3) is 4.73. The molecule has 2 rings (SSSR count). The fraction of sp³-hybridized carbons (Fsp3) is 0.588. The average molecular weight is 275 g/mol. The molecule has 0 radical (unpaired) electrons. The van der Waals surface area contributed by atoms with Crippen molar-refractivity contribution in [2.45, 2.75) is 45.6 Å². The number of rotatable bonds is 6. The van der Waals surface area contributed by atoms with E-state index in [1.807, 2.05) is 0 Å². The van der Waals surface area contributed by atoms with Crippen LogP contribution in [0.15, 0.2) is 18.2 Å². The summed E-state index contributed by atoms with van der Waals surface area (Å²) < 4.78 is 5.78. The van der Waals surface area contributed by atoms with Crippen LogP contribution in [0, 0.1) is 13.8 Å². The molecule has 0 unspecified atom stereocenters. The number of nitrogens with one attached hydrogen (secondary N) is 1. The molecule has 0 bridgehead atoms. The van der Waals surface area contributed by atoms with E-state index in [0.29, 0.717) is 25.6 Å². The van der Waals surface area contributed by atoms with E-state index in [-0.39, 0.29) is 5.78 Å². The summed E-state index contributed by atoms with van der Waals surface area (Å²) in [4.78, 5) is 12.0. The maximum Gasteiger partial charge on any atom is 0.139 e. The summed E-state index contributed by atoms with van der Waals surface area (Å²) in [5, 5.41) is 3.31. The van der Waals surface area contributed by atoms with Crippen molar-refractivity contribution in [2.24, 2.45) is 0 Å². The van der Waals surface area contributed by atoms with Crippen molar-refractivity contribution in [3.8, 4) is 0 Å². The average Bonchev–Trinajstić information content (AvgIpc) is 2.44. The lowest BCUT2D eigenvalue weighted by molar-refractivity contribution is -0.120. The number of aryl methyl sites for hydroxylation is 2. The first-order chi connectivity index (χ1) is 9.65. The summed E-state index contributed by atoms with van der Waals surface area (Å²) in [6, 6.07) is 6.29. The van der Waals surface area contributed by atoms with Crippen LogP contribution < -0.4 is 5.32 Å². The van der Waals surface area contributed by atoms with Crippen molar-refractivity contribution in [3.05, 3.63) is 34.9 Å². The van der Waals surface area contributed by atoms with E-state index < -0.39 is 0 Å². The van der Waals surface area contributed by atoms with E-state index in [2.05, 4.69) is 37.4 Å². The van der Waals surface area contributed by atoms with Crippen LogP contribution in [0.5, 0.6) is 0 Å². The Hall–Kier alpha value is -1.19. The smallest absolute Gasteiger partial charge is 0.139 e. The number of ketones is 1. The Morgan fingerprint density at radius 2 is 2.05 bits per heavy atom. The van der Waals surface area contributed by atoms with Crippen LogP contribution in [0.3, 0.4) is 0 Å². The van der Waals surface area contributed by atoms with Crippen LogP contribution in [0.4, 0.5) is 0 Å². The molecule has 1 saturated heterocycles. The standard InChI is InChI=1S/C17H25NO2/c1-13-3-4-14(2)15(11-13)12-16(19)7-10-20-17-5-8-18-9-6-17/h3-4,11,17-18H,5-10,12H2,1-2H3. The van der Waals surface area contributed by atoms with Crippen LogP contribution in [0.25, 0.3) is 0 Å². The molecule has 0 aliphatic carbocycles. The molecule has 0 spiro atoms. The van der Waals surface area contributed by atoms with E-state index in [9.17, 15) is 4.79 Å². The van der Waals surface area contributed by atoms with E-state index in [1.54, 1.807) is 0 Å². The lowest BCUT2D eigenvalue weighted by atomic mass is 10.00. The molecule has 1 N–H and O–H groups in total. The van der Waals surface area contributed by atoms with Crippen molar-refractivity contribution in [3.63, 3.8) is 0 Å². The largest absolute Gasteiger partial charge is 0.378 e. The minimum atomic E-state index is 0.271. The van der Waals surface area contributed by atoms with Gasteiger partial charge in [-0.1, -0.05) is 23.8 Å². The van der Waals surface area contributed by atoms with Crippen molar-refractivity contribution in [1.82, 2.24) is 5.32 Å². The lowest BCUT2D eigenvalue weighted by Gasteiger charge is -2.22. The van der Waals surface area contributed by atoms with Gasteiger partial charge in [0.15, 0.2) is 0 Å². The highest BCUT2D eigenvalue weighted by atomic mass is 16.5. The predicted octanol–water partition coefficient (Wildman–Crippen LogP) is 2.57. The van der Waals surface area contributed by atoms with E-state index in [1.165, 1.54) is 11.1 Å². The Kier molecular flexibility index (Phi) is 5.74. The first-order valence-electron chi connectivity index (χ1n) is 7.55. The molecule has 1 aromatic carbocycles. The fourth-order valence-corrected chi connectivity index (χ4v) is 2.59. The van der Waals surface area contributed by atoms with Crippen LogP contribution in [0.1, 0.15) is 36.0 Å². The van der Waals surface area contributed by atoms with Gasteiger partial charge in [0.25, 0.3) is 0 Å². The summed E-state index contributed by atoms with van der Waals surface area (Å²) in [5.41, 5.74) is 3.56. The predicted molar refractivity (Wildman–Crippen MR) is 81.1 cm³/mol. The lowest BCUT2D eigenvalue weighted by Crippen LogP contribution is -2.32. The summed E-state index contributed by atoms with van der Waals surface area (Å²) >= 11 is 0. The van der Waals surface area contributed by atoms with Crippen molar-refractivity contribution in [2.75, 3.05) is 19.7 Å². The van der Waals surface area contributed by atoms with Crippen LogP contribution in [-0.2, 0) is 16.0 Å². The third-order valence-electron chi connectivity index (χ3n) is 3.91. The molecule has 110 valence electrons. The SMILES string of the molecule is Cc1ccc(C)c(CC(=O)CCOC2CCNCC2)c1. The van der Waals surface area contributed by atoms with Crippen LogP contribution in [-0.4, -0.2) is 31.6 Å². The number of benzene rings is 1. The maximum atomic E-state index is 12.0. The summed E-state index contributed by atoms with van der Waals surface area (Å²) in [5.74, 6) is 0.271. The Morgan fingerprint density at radius 3 is 2.80 bits per heavy atom. The fourth-order valence-electron chi connectivity index (χ4n) is 2.59. The van der Waals surface area contributed by atoms with Gasteiger partial charge in [0.1, 0.15) is 5.78 Å². The van der Waals surface area contributed by atoms with E-state index >= 15 is 0 Å². The van der Waals surface area contributed by atoms with Gasteiger partial charge in [0.2, 0.25) is 0 Å². The zero-order chi connectivity index (χ0) is 14.4. The number of ether oxygens (including phenoxy) is 1. The molecule has 0 aromatic heterocycles. The molecule has 3 heteroatoms. The Balaban J connectivity index is 1.73. The summed E-state index contributed by atoms with van der Waals surface area (Å²) in [6.45, 7) is 6.75. The number of hydrogen-bond acceptors (Lipinski definition) is 3. The zero-order valence-electron chi connectivity index (χ0n) is 12.6. The molecule has 3 nitrogen and oxygen atoms in total. The molecule has 0 saturated carbocycles. The van der Waals surface area contributed by atoms with Gasteiger partial charge in [-0.3, -0.25) is 4.79 Å². The Morgan fingerprint density at radius 1 is 1.30 bits per heavy atom. The zero-order valence-corrected chi connectivity index (χ0v) is 12.6. The molecule has 0 atom stereocenters. The van der Waals surface area contributed by atoms with Crippen LogP contribution in [0.2, 0.25) is 0 Å². The summed E-state index contributed by atoms with van der Waals surface area (Å²) in [6.07, 6.45) is 3.52. The minimum absolute atomic E-state index is 0.271. The highest BCUT2D eigenvalue weighted by molar-refractivity contribution is 5.81. The summed E-state index contributed by atoms with van der Waals surface area (Å²) in [7, 11) is 0. The molecule has 20 heavy (non-hydrogen) atoms. The van der Waals surface area contributed by atoms with Crippen molar-refractivity contribution >= 4 is 5.78 Å². The Labute approximate surface area is 121 Å². The van der Waals surface area contributed by atoms with E-state index in [0.717, 1.165) is 31.5 Å². The molecule has 1 aromatic rings. The maximum absolute atomic E-state index is 12.0. The van der Waals surface area contributed by atoms with Gasteiger partial charge < -0.3 is 10.1 Å². The number of carbonyl (C=O) groups excluding carboxylic acids is 1. The van der Waals surface area contributed by atoms with Gasteiger partial charge in [-0.2, -0.15) is 0 Å². The third-order valence-corrected chi connectivity index (χ3v) is 3.91. The molecule has 1 aliphatic rings. The topological polar surface area (TPSA) is 38.3 Å². The minimum Gasteiger partial charge on any atom is -0.378 e. The number of carbonyl (C=O) groups is 1. The molecular weight excluding hydrogens is 250 g/mol. The highest BCUT2D eigenvalue weighted by Crippen LogP contribution is 2.13. The van der Waals surface area contributed by atoms with Gasteiger partial charge in [0.05, 0.1) is 12.7 Å². The van der Waals surface area contributed by atoms with Crippen molar-refractivity contribution < 1.29 is 9.53 Å². The molecule has 1 aliphatic heterocycles. The van der Waals surface area contributed by atoms with Gasteiger partial charge in [-0.25, -0.2) is 0 Å². The second-order valence-electron chi connectivity index (χ2n) is 5.72. The normalized spacial score (nSPS) is 16.3. The monoisotopic (exact) mass is 275 g/mol. The van der Waals surface area contributed by atoms with E-state index in [4.69, 9.17) is 4.74 Å². The van der Waals surface area contributed by atoms with Gasteiger partial charge in [-0.15, -0.1) is 0 Å². The second kappa shape index (κ2) is 7.55. The Bertz CT molecular complexity index is 450. The van der Waals surface area contributed by atoms with Crippen molar-refractivity contribution in [1.29, 1.82) is 0 Å². The number of piperidine rings is 1. The highest BCUT2D eigenvalue weighted by Gasteiger charge is 2.14. The number of hydrogen-bond donors (Lipinski definition) is 1. The van der Waals surface area contributed by atoms with Gasteiger partial charge >= 0.3 is 0 Å². The number of Topliss-reactive ketones (excluding diaryl/α,β-unsaturated/α-hetero) is 1. The quantitative estimate of drug-likeness (QED) is 0.867. The van der Waals surface area contributed by atoms with Crippen LogP contribution >= 0.6 is 0 Å². The van der Waals surface area contributed by atoms with Gasteiger partial charge in [-0.05, 0) is 50.9 Å². The van der Waals surface area contributed by atoms with Gasteiger partial charge in [0, 0.05) is 12.8 Å². The molecule has 0 amide bonds. The first-order valence-corrected chi connectivity index (χ1v) is 7.55. The molecular formula is C17H25NO2. The molecule has 1 heterocycles. The molecule has 1 fully saturated rings. The second-order valence-corrected chi connectivity index (χ2v) is 5.72. The first kappa shape index (κ1) is 15.2.